The van der Waals surface area contributed by atoms with Gasteiger partial charge in [0.1, 0.15) is 5.69 Å². The Bertz CT molecular complexity index is 2410. The van der Waals surface area contributed by atoms with Gasteiger partial charge in [-0.1, -0.05) is 137 Å². The molecule has 2 aromatic heterocycles. The first-order chi connectivity index (χ1) is 25.2. The van der Waals surface area contributed by atoms with Gasteiger partial charge in [0.2, 0.25) is 0 Å². The average molecular weight is 765 g/mol. The van der Waals surface area contributed by atoms with Crippen LogP contribution in [0.15, 0.2) is 140 Å². The van der Waals surface area contributed by atoms with Gasteiger partial charge in [-0.25, -0.2) is 14.8 Å². The van der Waals surface area contributed by atoms with Gasteiger partial charge in [0.15, 0.2) is 5.69 Å². The number of para-hydroxylation sites is 1. The summed E-state index contributed by atoms with van der Waals surface area (Å²) in [5, 5.41) is 14.0. The number of rotatable bonds is 7. The van der Waals surface area contributed by atoms with Crippen molar-refractivity contribution in [1.29, 1.82) is 0 Å². The number of amides is 1. The lowest BCUT2D eigenvalue weighted by Gasteiger charge is -2.13. The first-order valence-corrected chi connectivity index (χ1v) is 17.1. The molecule has 0 fully saturated rings. The third kappa shape index (κ3) is 8.28. The van der Waals surface area contributed by atoms with E-state index in [2.05, 4.69) is 25.3 Å². The van der Waals surface area contributed by atoms with Crippen LogP contribution in [0.5, 0.6) is 0 Å². The number of hydrogen-bond acceptors (Lipinski definition) is 6. The fourth-order valence-corrected chi connectivity index (χ4v) is 5.99. The van der Waals surface area contributed by atoms with E-state index in [1.54, 1.807) is 66.7 Å². The van der Waals surface area contributed by atoms with Crippen LogP contribution in [-0.2, 0) is 0 Å². The van der Waals surface area contributed by atoms with Crippen LogP contribution in [0.2, 0.25) is 20.1 Å². The van der Waals surface area contributed by atoms with E-state index >= 15 is 0 Å². The van der Waals surface area contributed by atoms with Gasteiger partial charge in [-0.05, 0) is 36.4 Å². The Morgan fingerprint density at radius 3 is 1.21 bits per heavy atom. The van der Waals surface area contributed by atoms with E-state index in [0.29, 0.717) is 70.8 Å². The highest BCUT2D eigenvalue weighted by Gasteiger charge is 2.20. The van der Waals surface area contributed by atoms with Gasteiger partial charge in [0, 0.05) is 27.9 Å². The van der Waals surface area contributed by atoms with Crippen molar-refractivity contribution in [1.82, 2.24) is 19.9 Å². The van der Waals surface area contributed by atoms with Gasteiger partial charge >= 0.3 is 5.97 Å². The van der Waals surface area contributed by atoms with Gasteiger partial charge < -0.3 is 10.4 Å². The van der Waals surface area contributed by atoms with Crippen molar-refractivity contribution in [2.75, 3.05) is 5.32 Å². The zero-order chi connectivity index (χ0) is 36.6. The number of carboxylic acid groups (broad SMARTS) is 1. The lowest BCUT2D eigenvalue weighted by Crippen LogP contribution is -2.15. The topological polar surface area (TPSA) is 118 Å². The van der Waals surface area contributed by atoms with Crippen molar-refractivity contribution in [3.8, 4) is 45.0 Å². The zero-order valence-corrected chi connectivity index (χ0v) is 29.9. The van der Waals surface area contributed by atoms with E-state index in [1.807, 2.05) is 60.7 Å². The third-order valence-corrected chi connectivity index (χ3v) is 8.86. The number of hydrogen-bond donors (Lipinski definition) is 2. The van der Waals surface area contributed by atoms with E-state index in [4.69, 9.17) is 46.4 Å². The number of carbonyl (C=O) groups excluding carboxylic acids is 1. The minimum atomic E-state index is -1.16. The van der Waals surface area contributed by atoms with Crippen molar-refractivity contribution >= 4 is 64.0 Å². The number of carboxylic acids is 1. The largest absolute Gasteiger partial charge is 0.476 e. The average Bonchev–Trinajstić information content (AvgIpc) is 3.16. The molecule has 0 saturated heterocycles. The van der Waals surface area contributed by atoms with Crippen molar-refractivity contribution in [2.45, 2.75) is 0 Å². The summed E-state index contributed by atoms with van der Waals surface area (Å²) in [5.74, 6) is -1.51. The highest BCUT2D eigenvalue weighted by Crippen LogP contribution is 2.37. The predicted octanol–water partition coefficient (Wildman–Crippen LogP) is 11.2. The molecule has 0 saturated carbocycles. The molecule has 0 atom stereocenters. The molecule has 8 nitrogen and oxygen atoms in total. The normalized spacial score (nSPS) is 10.5. The quantitative estimate of drug-likeness (QED) is 0.166. The Morgan fingerprint density at radius 2 is 0.808 bits per heavy atom. The molecule has 7 aromatic rings. The van der Waals surface area contributed by atoms with Gasteiger partial charge in [0.25, 0.3) is 5.91 Å². The summed E-state index contributed by atoms with van der Waals surface area (Å²) in [7, 11) is 0. The van der Waals surface area contributed by atoms with Crippen molar-refractivity contribution in [3.05, 3.63) is 171 Å². The predicted molar refractivity (Wildman–Crippen MR) is 207 cm³/mol. The number of nitrogens with one attached hydrogen (secondary N) is 1. The van der Waals surface area contributed by atoms with Crippen molar-refractivity contribution in [2.24, 2.45) is 0 Å². The molecule has 256 valence electrons. The standard InChI is InChI=1S/C23H15Cl2N3O.C17H10Cl2N2O2/c24-18-12-6-4-10-16(18)21-22(17-11-5-7-13-19(17)25)28-20(14-26-21)23(29)27-15-8-2-1-3-9-15;18-12-7-3-1-5-10(12)15-16(11-6-2-4-8-13(11)19)21-14(9-20-15)17(22)23/h1-14H,(H,27,29);1-9H,(H,22,23). The maximum Gasteiger partial charge on any atom is 0.356 e. The molecule has 12 heteroatoms. The Balaban J connectivity index is 0.000000183. The van der Waals surface area contributed by atoms with Crippen molar-refractivity contribution in [3.63, 3.8) is 0 Å². The lowest BCUT2D eigenvalue weighted by molar-refractivity contribution is 0.0690. The maximum absolute atomic E-state index is 12.7. The van der Waals surface area contributed by atoms with Crippen LogP contribution in [0.25, 0.3) is 45.0 Å². The molecule has 0 unspecified atom stereocenters. The van der Waals surface area contributed by atoms with E-state index in [-0.39, 0.29) is 17.3 Å². The van der Waals surface area contributed by atoms with Gasteiger partial charge in [-0.3, -0.25) is 14.8 Å². The van der Waals surface area contributed by atoms with E-state index in [1.165, 1.54) is 12.4 Å². The maximum atomic E-state index is 12.7. The summed E-state index contributed by atoms with van der Waals surface area (Å²) in [4.78, 5) is 41.5. The second kappa shape index (κ2) is 16.6. The smallest absolute Gasteiger partial charge is 0.356 e. The molecule has 1 amide bonds. The number of carbonyl (C=O) groups is 2. The molecule has 52 heavy (non-hydrogen) atoms. The van der Waals surface area contributed by atoms with Crippen LogP contribution in [0.1, 0.15) is 21.0 Å². The third-order valence-electron chi connectivity index (χ3n) is 7.54. The first-order valence-electron chi connectivity index (χ1n) is 15.5. The lowest BCUT2D eigenvalue weighted by atomic mass is 10.0. The molecule has 0 radical (unpaired) electrons. The molecular weight excluding hydrogens is 740 g/mol. The fourth-order valence-electron chi connectivity index (χ4n) is 5.09. The van der Waals surface area contributed by atoms with Crippen LogP contribution in [0.4, 0.5) is 5.69 Å². The highest BCUT2D eigenvalue weighted by atomic mass is 35.5. The van der Waals surface area contributed by atoms with Crippen molar-refractivity contribution < 1.29 is 14.7 Å². The SMILES string of the molecule is O=C(Nc1ccccc1)c1cnc(-c2ccccc2Cl)c(-c2ccccc2Cl)n1.O=C(O)c1cnc(-c2ccccc2Cl)c(-c2ccccc2Cl)n1. The Labute approximate surface area is 318 Å². The molecule has 2 heterocycles. The Morgan fingerprint density at radius 1 is 0.462 bits per heavy atom. The first kappa shape index (κ1) is 36.2. The van der Waals surface area contributed by atoms with Gasteiger partial charge in [0.05, 0.1) is 55.3 Å². The Hall–Kier alpha value is -5.64. The van der Waals surface area contributed by atoms with E-state index in [0.717, 1.165) is 0 Å². The molecule has 2 N–H and O–H groups in total. The zero-order valence-electron chi connectivity index (χ0n) is 26.8. The van der Waals surface area contributed by atoms with Gasteiger partial charge in [-0.2, -0.15) is 0 Å². The van der Waals surface area contributed by atoms with E-state index < -0.39 is 5.97 Å². The van der Waals surface area contributed by atoms with Crippen LogP contribution >= 0.6 is 46.4 Å². The van der Waals surface area contributed by atoms with Crippen LogP contribution in [-0.4, -0.2) is 36.9 Å². The monoisotopic (exact) mass is 763 g/mol. The van der Waals surface area contributed by atoms with Crippen LogP contribution in [0.3, 0.4) is 0 Å². The molecule has 0 aliphatic carbocycles. The Kier molecular flexibility index (Phi) is 11.5. The number of aromatic carboxylic acids is 1. The summed E-state index contributed by atoms with van der Waals surface area (Å²) in [5.41, 5.74) is 5.25. The number of aromatic nitrogens is 4. The molecule has 5 aromatic carbocycles. The fraction of sp³-hybridized carbons (Fsp3) is 0. The highest BCUT2D eigenvalue weighted by molar-refractivity contribution is 6.35. The van der Waals surface area contributed by atoms with Gasteiger partial charge in [-0.15, -0.1) is 0 Å². The number of anilines is 1. The minimum absolute atomic E-state index is 0.157. The molecule has 0 bridgehead atoms. The molecule has 0 spiro atoms. The van der Waals surface area contributed by atoms with E-state index in [9.17, 15) is 14.7 Å². The second-order valence-corrected chi connectivity index (χ2v) is 12.6. The summed E-state index contributed by atoms with van der Waals surface area (Å²) in [6, 6.07) is 38.1. The molecule has 0 aliphatic heterocycles. The van der Waals surface area contributed by atoms with Crippen LogP contribution < -0.4 is 5.32 Å². The molecule has 0 aliphatic rings. The molecular formula is C40H25Cl4N5O3. The molecule has 7 rings (SSSR count). The number of benzene rings is 5. The summed E-state index contributed by atoms with van der Waals surface area (Å²) in [6.07, 6.45) is 2.65. The minimum Gasteiger partial charge on any atom is -0.476 e. The summed E-state index contributed by atoms with van der Waals surface area (Å²) in [6.45, 7) is 0. The number of nitrogens with zero attached hydrogens (tertiary/aromatic N) is 4. The van der Waals surface area contributed by atoms with Crippen LogP contribution in [0, 0.1) is 0 Å². The number of halogens is 4. The summed E-state index contributed by atoms with van der Waals surface area (Å²) >= 11 is 25.3. The second-order valence-electron chi connectivity index (χ2n) is 10.9. The summed E-state index contributed by atoms with van der Waals surface area (Å²) < 4.78 is 0.